The Morgan fingerprint density at radius 2 is 1.89 bits per heavy atom. The molecule has 0 amide bonds. The SMILES string of the molecule is Cc1cc(C#N)ccc1CSc1ccc(CO)cc1. The molecule has 0 bridgehead atoms. The molecule has 0 fully saturated rings. The number of aliphatic hydroxyl groups excluding tert-OH is 1. The van der Waals surface area contributed by atoms with Crippen LogP contribution in [0.2, 0.25) is 0 Å². The topological polar surface area (TPSA) is 44.0 Å². The van der Waals surface area contributed by atoms with Gasteiger partial charge in [0.15, 0.2) is 0 Å². The van der Waals surface area contributed by atoms with E-state index in [0.717, 1.165) is 16.9 Å². The van der Waals surface area contributed by atoms with Gasteiger partial charge in [-0.2, -0.15) is 5.26 Å². The predicted molar refractivity (Wildman–Crippen MR) is 77.8 cm³/mol. The smallest absolute Gasteiger partial charge is 0.0991 e. The summed E-state index contributed by atoms with van der Waals surface area (Å²) < 4.78 is 0. The number of aliphatic hydroxyl groups is 1. The molecule has 0 saturated heterocycles. The summed E-state index contributed by atoms with van der Waals surface area (Å²) in [6, 6.07) is 15.9. The molecular formula is C16H15NOS. The van der Waals surface area contributed by atoms with E-state index in [1.54, 1.807) is 11.8 Å². The summed E-state index contributed by atoms with van der Waals surface area (Å²) >= 11 is 1.76. The molecule has 0 radical (unpaired) electrons. The molecule has 2 aromatic rings. The van der Waals surface area contributed by atoms with Gasteiger partial charge in [0.05, 0.1) is 18.2 Å². The fourth-order valence-electron chi connectivity index (χ4n) is 1.78. The van der Waals surface area contributed by atoms with Crippen LogP contribution in [0, 0.1) is 18.3 Å². The van der Waals surface area contributed by atoms with E-state index in [9.17, 15) is 0 Å². The molecule has 1 N–H and O–H groups in total. The molecule has 0 heterocycles. The average molecular weight is 269 g/mol. The first-order valence-corrected chi connectivity index (χ1v) is 7.03. The van der Waals surface area contributed by atoms with Gasteiger partial charge in [-0.25, -0.2) is 0 Å². The Bertz CT molecular complexity index is 599. The van der Waals surface area contributed by atoms with Crippen LogP contribution in [0.3, 0.4) is 0 Å². The van der Waals surface area contributed by atoms with E-state index in [-0.39, 0.29) is 6.61 Å². The number of nitriles is 1. The Hall–Kier alpha value is -1.76. The minimum atomic E-state index is 0.0830. The monoisotopic (exact) mass is 269 g/mol. The highest BCUT2D eigenvalue weighted by Gasteiger charge is 2.02. The summed E-state index contributed by atoms with van der Waals surface area (Å²) in [5, 5.41) is 17.8. The van der Waals surface area contributed by atoms with Gasteiger partial charge in [0.25, 0.3) is 0 Å². The first-order valence-electron chi connectivity index (χ1n) is 6.05. The summed E-state index contributed by atoms with van der Waals surface area (Å²) in [5.41, 5.74) is 4.03. The standard InChI is InChI=1S/C16H15NOS/c1-12-8-14(9-17)2-5-15(12)11-19-16-6-3-13(10-18)4-7-16/h2-8,18H,10-11H2,1H3. The van der Waals surface area contributed by atoms with Crippen molar-refractivity contribution in [1.29, 1.82) is 5.26 Å². The summed E-state index contributed by atoms with van der Waals surface area (Å²) in [7, 11) is 0. The van der Waals surface area contributed by atoms with Gasteiger partial charge in [-0.05, 0) is 47.9 Å². The molecular weight excluding hydrogens is 254 g/mol. The Balaban J connectivity index is 2.04. The van der Waals surface area contributed by atoms with Crippen LogP contribution >= 0.6 is 11.8 Å². The Morgan fingerprint density at radius 3 is 2.47 bits per heavy atom. The summed E-state index contributed by atoms with van der Waals surface area (Å²) in [5.74, 6) is 0.885. The van der Waals surface area contributed by atoms with E-state index in [0.29, 0.717) is 5.56 Å². The van der Waals surface area contributed by atoms with Gasteiger partial charge < -0.3 is 5.11 Å². The van der Waals surface area contributed by atoms with Crippen LogP contribution < -0.4 is 0 Å². The van der Waals surface area contributed by atoms with Crippen molar-refractivity contribution in [3.05, 3.63) is 64.7 Å². The molecule has 96 valence electrons. The number of benzene rings is 2. The lowest BCUT2D eigenvalue weighted by atomic mass is 10.1. The van der Waals surface area contributed by atoms with Crippen LogP contribution in [-0.4, -0.2) is 5.11 Å². The fourth-order valence-corrected chi connectivity index (χ4v) is 2.75. The van der Waals surface area contributed by atoms with Gasteiger partial charge in [0, 0.05) is 10.6 Å². The number of rotatable bonds is 4. The third kappa shape index (κ3) is 3.60. The zero-order valence-corrected chi connectivity index (χ0v) is 11.6. The lowest BCUT2D eigenvalue weighted by Crippen LogP contribution is -1.88. The van der Waals surface area contributed by atoms with E-state index in [1.165, 1.54) is 10.5 Å². The lowest BCUT2D eigenvalue weighted by Gasteiger charge is -2.06. The number of thioether (sulfide) groups is 1. The highest BCUT2D eigenvalue weighted by atomic mass is 32.2. The second kappa shape index (κ2) is 6.42. The van der Waals surface area contributed by atoms with Gasteiger partial charge in [-0.15, -0.1) is 11.8 Å². The Labute approximate surface area is 117 Å². The van der Waals surface area contributed by atoms with Gasteiger partial charge in [0.2, 0.25) is 0 Å². The van der Waals surface area contributed by atoms with Crippen molar-refractivity contribution in [1.82, 2.24) is 0 Å². The largest absolute Gasteiger partial charge is 0.392 e. The van der Waals surface area contributed by atoms with Crippen molar-refractivity contribution in [2.45, 2.75) is 24.2 Å². The summed E-state index contributed by atoms with van der Waals surface area (Å²) in [4.78, 5) is 1.18. The van der Waals surface area contributed by atoms with E-state index >= 15 is 0 Å². The summed E-state index contributed by atoms with van der Waals surface area (Å²) in [6.45, 7) is 2.12. The Kier molecular flexibility index (Phi) is 4.62. The molecule has 0 aromatic heterocycles. The molecule has 19 heavy (non-hydrogen) atoms. The minimum absolute atomic E-state index is 0.0830. The zero-order valence-electron chi connectivity index (χ0n) is 10.8. The molecule has 2 nitrogen and oxygen atoms in total. The van der Waals surface area contributed by atoms with E-state index < -0.39 is 0 Å². The van der Waals surface area contributed by atoms with Crippen molar-refractivity contribution in [3.8, 4) is 6.07 Å². The van der Waals surface area contributed by atoms with Crippen molar-refractivity contribution < 1.29 is 5.11 Å². The van der Waals surface area contributed by atoms with Gasteiger partial charge in [0.1, 0.15) is 0 Å². The molecule has 0 aliphatic carbocycles. The molecule has 2 rings (SSSR count). The fraction of sp³-hybridized carbons (Fsp3) is 0.188. The number of nitrogens with zero attached hydrogens (tertiary/aromatic N) is 1. The molecule has 0 unspecified atom stereocenters. The minimum Gasteiger partial charge on any atom is -0.392 e. The van der Waals surface area contributed by atoms with Crippen LogP contribution in [0.4, 0.5) is 0 Å². The molecule has 0 saturated carbocycles. The van der Waals surface area contributed by atoms with Crippen molar-refractivity contribution in [3.63, 3.8) is 0 Å². The third-order valence-corrected chi connectivity index (χ3v) is 4.03. The quantitative estimate of drug-likeness (QED) is 0.862. The number of hydrogen-bond acceptors (Lipinski definition) is 3. The van der Waals surface area contributed by atoms with Gasteiger partial charge in [-0.1, -0.05) is 18.2 Å². The molecule has 0 aliphatic rings. The molecule has 2 aromatic carbocycles. The maximum atomic E-state index is 8.99. The second-order valence-corrected chi connectivity index (χ2v) is 5.39. The van der Waals surface area contributed by atoms with Crippen LogP contribution in [-0.2, 0) is 12.4 Å². The molecule has 0 spiro atoms. The maximum absolute atomic E-state index is 8.99. The van der Waals surface area contributed by atoms with Crippen molar-refractivity contribution in [2.24, 2.45) is 0 Å². The van der Waals surface area contributed by atoms with Gasteiger partial charge >= 0.3 is 0 Å². The van der Waals surface area contributed by atoms with Crippen molar-refractivity contribution >= 4 is 11.8 Å². The zero-order chi connectivity index (χ0) is 13.7. The highest BCUT2D eigenvalue weighted by molar-refractivity contribution is 7.98. The molecule has 3 heteroatoms. The van der Waals surface area contributed by atoms with E-state index in [4.69, 9.17) is 10.4 Å². The van der Waals surface area contributed by atoms with Crippen molar-refractivity contribution in [2.75, 3.05) is 0 Å². The lowest BCUT2D eigenvalue weighted by molar-refractivity contribution is 0.282. The second-order valence-electron chi connectivity index (χ2n) is 4.34. The number of hydrogen-bond donors (Lipinski definition) is 1. The molecule has 0 atom stereocenters. The van der Waals surface area contributed by atoms with Crippen LogP contribution in [0.15, 0.2) is 47.4 Å². The van der Waals surface area contributed by atoms with E-state index in [1.807, 2.05) is 49.4 Å². The van der Waals surface area contributed by atoms with Crippen LogP contribution in [0.1, 0.15) is 22.3 Å². The third-order valence-electron chi connectivity index (χ3n) is 2.97. The summed E-state index contributed by atoms with van der Waals surface area (Å²) in [6.07, 6.45) is 0. The Morgan fingerprint density at radius 1 is 1.16 bits per heavy atom. The van der Waals surface area contributed by atoms with Crippen LogP contribution in [0.25, 0.3) is 0 Å². The first kappa shape index (κ1) is 13.7. The van der Waals surface area contributed by atoms with E-state index in [2.05, 4.69) is 6.07 Å². The predicted octanol–water partition coefficient (Wildman–Crippen LogP) is 3.65. The maximum Gasteiger partial charge on any atom is 0.0991 e. The highest BCUT2D eigenvalue weighted by Crippen LogP contribution is 2.25. The first-order chi connectivity index (χ1) is 9.22. The van der Waals surface area contributed by atoms with Gasteiger partial charge in [-0.3, -0.25) is 0 Å². The normalized spacial score (nSPS) is 10.2. The van der Waals surface area contributed by atoms with Crippen LogP contribution in [0.5, 0.6) is 0 Å². The number of aryl methyl sites for hydroxylation is 1. The average Bonchev–Trinajstić information content (AvgIpc) is 2.46. The molecule has 0 aliphatic heterocycles.